The van der Waals surface area contributed by atoms with Crippen LogP contribution in [0, 0.1) is 5.82 Å². The Morgan fingerprint density at radius 3 is 2.48 bits per heavy atom. The lowest BCUT2D eigenvalue weighted by Gasteiger charge is -2.37. The molecule has 2 saturated heterocycles. The Morgan fingerprint density at radius 2 is 1.81 bits per heavy atom. The minimum absolute atomic E-state index is 0.162. The molecule has 1 aromatic rings. The summed E-state index contributed by atoms with van der Waals surface area (Å²) in [6.07, 6.45) is 5.43. The van der Waals surface area contributed by atoms with Crippen molar-refractivity contribution < 1.29 is 9.13 Å². The highest BCUT2D eigenvalue weighted by Crippen LogP contribution is 2.19. The van der Waals surface area contributed by atoms with Gasteiger partial charge in [-0.2, -0.15) is 0 Å². The lowest BCUT2D eigenvalue weighted by atomic mass is 10.1. The first-order valence-corrected chi connectivity index (χ1v) is 8.16. The van der Waals surface area contributed by atoms with Gasteiger partial charge < -0.3 is 9.64 Å². The van der Waals surface area contributed by atoms with Gasteiger partial charge in [-0.1, -0.05) is 0 Å². The zero-order chi connectivity index (χ0) is 14.5. The van der Waals surface area contributed by atoms with E-state index in [0.29, 0.717) is 6.10 Å². The second kappa shape index (κ2) is 7.23. The molecule has 1 unspecified atom stereocenters. The summed E-state index contributed by atoms with van der Waals surface area (Å²) < 4.78 is 18.8. The summed E-state index contributed by atoms with van der Waals surface area (Å²) in [7, 11) is 0. The largest absolute Gasteiger partial charge is 0.378 e. The number of ether oxygens (including phenoxy) is 1. The molecule has 2 fully saturated rings. The quantitative estimate of drug-likeness (QED) is 0.848. The molecule has 0 N–H and O–H groups in total. The van der Waals surface area contributed by atoms with Crippen LogP contribution in [0.5, 0.6) is 0 Å². The molecule has 2 aliphatic heterocycles. The van der Waals surface area contributed by atoms with Crippen molar-refractivity contribution in [1.29, 1.82) is 0 Å². The van der Waals surface area contributed by atoms with Crippen molar-refractivity contribution in [3.8, 4) is 0 Å². The number of rotatable bonds is 4. The molecule has 21 heavy (non-hydrogen) atoms. The van der Waals surface area contributed by atoms with Gasteiger partial charge in [0.25, 0.3) is 0 Å². The van der Waals surface area contributed by atoms with E-state index < -0.39 is 0 Å². The molecule has 3 nitrogen and oxygen atoms in total. The van der Waals surface area contributed by atoms with E-state index in [-0.39, 0.29) is 5.82 Å². The first kappa shape index (κ1) is 14.8. The van der Waals surface area contributed by atoms with Crippen LogP contribution in [0.25, 0.3) is 0 Å². The van der Waals surface area contributed by atoms with E-state index in [1.807, 2.05) is 12.1 Å². The second-order valence-electron chi connectivity index (χ2n) is 6.08. The van der Waals surface area contributed by atoms with Crippen LogP contribution in [0.4, 0.5) is 10.1 Å². The molecule has 2 heterocycles. The van der Waals surface area contributed by atoms with E-state index in [2.05, 4.69) is 9.80 Å². The van der Waals surface area contributed by atoms with Crippen LogP contribution in [0.1, 0.15) is 25.7 Å². The molecule has 0 radical (unpaired) electrons. The Balaban J connectivity index is 1.41. The Kier molecular flexibility index (Phi) is 5.09. The van der Waals surface area contributed by atoms with Crippen molar-refractivity contribution >= 4 is 5.69 Å². The summed E-state index contributed by atoms with van der Waals surface area (Å²) in [4.78, 5) is 4.87. The monoisotopic (exact) mass is 292 g/mol. The van der Waals surface area contributed by atoms with Gasteiger partial charge in [-0.3, -0.25) is 4.90 Å². The van der Waals surface area contributed by atoms with Crippen molar-refractivity contribution in [3.63, 3.8) is 0 Å². The summed E-state index contributed by atoms with van der Waals surface area (Å²) in [6, 6.07) is 6.84. The van der Waals surface area contributed by atoms with Crippen molar-refractivity contribution in [2.45, 2.75) is 31.8 Å². The average Bonchev–Trinajstić information content (AvgIpc) is 2.55. The summed E-state index contributed by atoms with van der Waals surface area (Å²) >= 11 is 0. The number of hydrogen-bond acceptors (Lipinski definition) is 3. The van der Waals surface area contributed by atoms with Crippen LogP contribution in [-0.2, 0) is 4.74 Å². The van der Waals surface area contributed by atoms with Gasteiger partial charge in [-0.25, -0.2) is 4.39 Å². The molecule has 0 bridgehead atoms. The standard InChI is InChI=1S/C17H25FN2O/c18-15-4-6-16(7-5-15)20-12-10-19(11-13-20)9-8-17-3-1-2-14-21-17/h4-7,17H,1-3,8-14H2. The van der Waals surface area contributed by atoms with Crippen LogP contribution < -0.4 is 4.90 Å². The van der Waals surface area contributed by atoms with Crippen molar-refractivity contribution in [2.75, 3.05) is 44.2 Å². The molecule has 0 spiro atoms. The maximum atomic E-state index is 13.0. The summed E-state index contributed by atoms with van der Waals surface area (Å²) in [6.45, 7) is 6.31. The molecule has 0 aromatic heterocycles. The van der Waals surface area contributed by atoms with Crippen LogP contribution in [0.2, 0.25) is 0 Å². The fourth-order valence-corrected chi connectivity index (χ4v) is 3.24. The third-order valence-corrected chi connectivity index (χ3v) is 4.61. The molecule has 0 amide bonds. The SMILES string of the molecule is Fc1ccc(N2CCN(CCC3CCCCO3)CC2)cc1. The minimum Gasteiger partial charge on any atom is -0.378 e. The van der Waals surface area contributed by atoms with Gasteiger partial charge in [0, 0.05) is 45.0 Å². The van der Waals surface area contributed by atoms with Crippen molar-refractivity contribution in [1.82, 2.24) is 4.90 Å². The highest BCUT2D eigenvalue weighted by atomic mass is 19.1. The number of hydrogen-bond donors (Lipinski definition) is 0. The van der Waals surface area contributed by atoms with E-state index in [9.17, 15) is 4.39 Å². The van der Waals surface area contributed by atoms with Gasteiger partial charge in [-0.15, -0.1) is 0 Å². The third kappa shape index (κ3) is 4.17. The maximum Gasteiger partial charge on any atom is 0.123 e. The van der Waals surface area contributed by atoms with Gasteiger partial charge in [0.05, 0.1) is 6.10 Å². The lowest BCUT2D eigenvalue weighted by Crippen LogP contribution is -2.47. The number of benzene rings is 1. The number of anilines is 1. The predicted octanol–water partition coefficient (Wildman–Crippen LogP) is 2.91. The fourth-order valence-electron chi connectivity index (χ4n) is 3.24. The summed E-state index contributed by atoms with van der Waals surface area (Å²) in [5.74, 6) is -0.162. The maximum absolute atomic E-state index is 13.0. The van der Waals surface area contributed by atoms with E-state index in [0.717, 1.165) is 51.4 Å². The molecule has 0 saturated carbocycles. The summed E-state index contributed by atoms with van der Waals surface area (Å²) in [5, 5.41) is 0. The van der Waals surface area contributed by atoms with Gasteiger partial charge in [0.2, 0.25) is 0 Å². The molecular weight excluding hydrogens is 267 g/mol. The lowest BCUT2D eigenvalue weighted by molar-refractivity contribution is 0.00526. The van der Waals surface area contributed by atoms with E-state index >= 15 is 0 Å². The molecule has 3 rings (SSSR count). The molecule has 4 heteroatoms. The van der Waals surface area contributed by atoms with Gasteiger partial charge in [0.15, 0.2) is 0 Å². The molecular formula is C17H25FN2O. The highest BCUT2D eigenvalue weighted by molar-refractivity contribution is 5.46. The normalized spacial score (nSPS) is 24.2. The molecule has 1 atom stereocenters. The topological polar surface area (TPSA) is 15.7 Å². The Hall–Kier alpha value is -1.13. The fraction of sp³-hybridized carbons (Fsp3) is 0.647. The van der Waals surface area contributed by atoms with Crippen LogP contribution in [-0.4, -0.2) is 50.3 Å². The highest BCUT2D eigenvalue weighted by Gasteiger charge is 2.19. The first-order valence-electron chi connectivity index (χ1n) is 8.16. The van der Waals surface area contributed by atoms with Gasteiger partial charge >= 0.3 is 0 Å². The zero-order valence-corrected chi connectivity index (χ0v) is 12.6. The smallest absolute Gasteiger partial charge is 0.123 e. The zero-order valence-electron chi connectivity index (χ0n) is 12.6. The van der Waals surface area contributed by atoms with Crippen molar-refractivity contribution in [2.24, 2.45) is 0 Å². The second-order valence-corrected chi connectivity index (χ2v) is 6.08. The average molecular weight is 292 g/mol. The predicted molar refractivity (Wildman–Crippen MR) is 83.3 cm³/mol. The van der Waals surface area contributed by atoms with E-state index in [1.54, 1.807) is 12.1 Å². The van der Waals surface area contributed by atoms with Crippen LogP contribution in [0.15, 0.2) is 24.3 Å². The van der Waals surface area contributed by atoms with Crippen LogP contribution in [0.3, 0.4) is 0 Å². The molecule has 116 valence electrons. The molecule has 1 aromatic carbocycles. The first-order chi connectivity index (χ1) is 10.3. The molecule has 2 aliphatic rings. The van der Waals surface area contributed by atoms with Gasteiger partial charge in [-0.05, 0) is 49.9 Å². The van der Waals surface area contributed by atoms with Crippen molar-refractivity contribution in [3.05, 3.63) is 30.1 Å². The van der Waals surface area contributed by atoms with E-state index in [4.69, 9.17) is 4.74 Å². The van der Waals surface area contributed by atoms with Gasteiger partial charge in [0.1, 0.15) is 5.82 Å². The van der Waals surface area contributed by atoms with Crippen LogP contribution >= 0.6 is 0 Å². The number of halogens is 1. The minimum atomic E-state index is -0.162. The number of nitrogens with zero attached hydrogens (tertiary/aromatic N) is 2. The Labute approximate surface area is 126 Å². The molecule has 0 aliphatic carbocycles. The summed E-state index contributed by atoms with van der Waals surface area (Å²) in [5.41, 5.74) is 1.13. The Morgan fingerprint density at radius 1 is 1.05 bits per heavy atom. The number of piperazine rings is 1. The Bertz CT molecular complexity index is 423. The third-order valence-electron chi connectivity index (χ3n) is 4.61. The van der Waals surface area contributed by atoms with E-state index in [1.165, 1.54) is 19.3 Å².